The predicted octanol–water partition coefficient (Wildman–Crippen LogP) is 3.13. The zero-order valence-corrected chi connectivity index (χ0v) is 15.9. The Morgan fingerprint density at radius 3 is 2.27 bits per heavy atom. The van der Waals surface area contributed by atoms with E-state index in [0.29, 0.717) is 18.7 Å². The summed E-state index contributed by atoms with van der Waals surface area (Å²) in [4.78, 5) is 12.3. The van der Waals surface area contributed by atoms with E-state index in [1.807, 2.05) is 30.3 Å². The number of unbranched alkanes of at least 4 members (excludes halogenated alkanes) is 2. The van der Waals surface area contributed by atoms with E-state index in [2.05, 4.69) is 17.0 Å². The number of amides is 1. The van der Waals surface area contributed by atoms with Crippen LogP contribution in [0.5, 0.6) is 0 Å². The van der Waals surface area contributed by atoms with Crippen LogP contribution in [0.4, 0.5) is 0 Å². The second kappa shape index (κ2) is 10.1. The van der Waals surface area contributed by atoms with Gasteiger partial charge in [-0.1, -0.05) is 50.1 Å². The van der Waals surface area contributed by atoms with E-state index in [1.165, 1.54) is 12.1 Å². The van der Waals surface area contributed by atoms with Gasteiger partial charge < -0.3 is 5.32 Å². The third-order valence-electron chi connectivity index (χ3n) is 4.04. The van der Waals surface area contributed by atoms with E-state index in [0.717, 1.165) is 31.2 Å². The van der Waals surface area contributed by atoms with Crippen molar-refractivity contribution in [1.29, 1.82) is 0 Å². The second-order valence-corrected chi connectivity index (χ2v) is 7.89. The van der Waals surface area contributed by atoms with E-state index in [1.54, 1.807) is 12.1 Å². The van der Waals surface area contributed by atoms with E-state index in [9.17, 15) is 13.2 Å². The van der Waals surface area contributed by atoms with Crippen molar-refractivity contribution in [3.8, 4) is 0 Å². The first-order chi connectivity index (χ1) is 12.5. The van der Waals surface area contributed by atoms with E-state index in [-0.39, 0.29) is 10.8 Å². The van der Waals surface area contributed by atoms with Crippen LogP contribution in [0.15, 0.2) is 59.5 Å². The molecule has 0 fully saturated rings. The third-order valence-corrected chi connectivity index (χ3v) is 5.52. The third kappa shape index (κ3) is 6.28. The van der Waals surface area contributed by atoms with Crippen LogP contribution in [0, 0.1) is 0 Å². The molecule has 0 aliphatic carbocycles. The van der Waals surface area contributed by atoms with Crippen molar-refractivity contribution in [3.05, 3.63) is 65.7 Å². The average Bonchev–Trinajstić information content (AvgIpc) is 2.66. The van der Waals surface area contributed by atoms with Crippen molar-refractivity contribution in [1.82, 2.24) is 10.0 Å². The summed E-state index contributed by atoms with van der Waals surface area (Å²) in [5, 5.41) is 2.85. The maximum atomic E-state index is 12.2. The Hall–Kier alpha value is -2.18. The minimum atomic E-state index is -3.52. The molecule has 6 heteroatoms. The van der Waals surface area contributed by atoms with Gasteiger partial charge in [0.1, 0.15) is 0 Å². The van der Waals surface area contributed by atoms with E-state index < -0.39 is 10.0 Å². The lowest BCUT2D eigenvalue weighted by Gasteiger charge is -2.08. The Morgan fingerprint density at radius 1 is 0.923 bits per heavy atom. The lowest BCUT2D eigenvalue weighted by molar-refractivity contribution is 0.0954. The fraction of sp³-hybridized carbons (Fsp3) is 0.350. The number of carbonyl (C=O) groups is 1. The van der Waals surface area contributed by atoms with Crippen LogP contribution < -0.4 is 10.0 Å². The molecule has 0 atom stereocenters. The summed E-state index contributed by atoms with van der Waals surface area (Å²) in [5.41, 5.74) is 1.60. The number of rotatable bonds is 10. The van der Waals surface area contributed by atoms with Crippen molar-refractivity contribution in [3.63, 3.8) is 0 Å². The molecule has 0 radical (unpaired) electrons. The normalized spacial score (nSPS) is 11.3. The summed E-state index contributed by atoms with van der Waals surface area (Å²) in [5.74, 6) is -0.208. The summed E-state index contributed by atoms with van der Waals surface area (Å²) in [6.45, 7) is 3.03. The first-order valence-electron chi connectivity index (χ1n) is 8.95. The zero-order chi connectivity index (χ0) is 18.8. The number of sulfonamides is 1. The van der Waals surface area contributed by atoms with Crippen LogP contribution in [-0.2, 0) is 16.4 Å². The summed E-state index contributed by atoms with van der Waals surface area (Å²) in [6.07, 6.45) is 3.60. The molecule has 2 aromatic carbocycles. The number of nitrogens with one attached hydrogen (secondary N) is 2. The van der Waals surface area contributed by atoms with Crippen LogP contribution in [-0.4, -0.2) is 27.4 Å². The molecule has 1 amide bonds. The molecule has 140 valence electrons. The largest absolute Gasteiger partial charge is 0.352 e. The van der Waals surface area contributed by atoms with Gasteiger partial charge in [-0.15, -0.1) is 0 Å². The Labute approximate surface area is 155 Å². The van der Waals surface area contributed by atoms with Gasteiger partial charge in [0.25, 0.3) is 5.91 Å². The van der Waals surface area contributed by atoms with Gasteiger partial charge in [-0.3, -0.25) is 4.79 Å². The smallest absolute Gasteiger partial charge is 0.251 e. The lowest BCUT2D eigenvalue weighted by atomic mass is 10.1. The maximum Gasteiger partial charge on any atom is 0.251 e. The van der Waals surface area contributed by atoms with Crippen molar-refractivity contribution in [2.75, 3.05) is 13.1 Å². The molecule has 0 aromatic heterocycles. The van der Waals surface area contributed by atoms with Crippen LogP contribution in [0.25, 0.3) is 0 Å². The molecule has 0 heterocycles. The summed E-state index contributed by atoms with van der Waals surface area (Å²) in [7, 11) is -3.52. The second-order valence-electron chi connectivity index (χ2n) is 6.12. The van der Waals surface area contributed by atoms with Crippen molar-refractivity contribution >= 4 is 15.9 Å². The van der Waals surface area contributed by atoms with Gasteiger partial charge in [-0.2, -0.15) is 0 Å². The van der Waals surface area contributed by atoms with Crippen LogP contribution in [0.1, 0.15) is 42.1 Å². The first kappa shape index (κ1) is 20.1. The quantitative estimate of drug-likeness (QED) is 0.628. The summed E-state index contributed by atoms with van der Waals surface area (Å²) in [6, 6.07) is 15.9. The Balaban J connectivity index is 1.86. The first-order valence-corrected chi connectivity index (χ1v) is 10.4. The fourth-order valence-corrected chi connectivity index (χ4v) is 3.59. The standard InChI is InChI=1S/C20H26N2O3S/c1-2-3-7-15-22-26(24,25)19-12-10-18(11-13-19)20(23)21-16-14-17-8-5-4-6-9-17/h4-6,8-13,22H,2-3,7,14-16H2,1H3,(H,21,23). The molecular weight excluding hydrogens is 348 g/mol. The predicted molar refractivity (Wildman–Crippen MR) is 104 cm³/mol. The molecule has 0 spiro atoms. The number of hydrogen-bond donors (Lipinski definition) is 2. The Morgan fingerprint density at radius 2 is 1.62 bits per heavy atom. The average molecular weight is 375 g/mol. The van der Waals surface area contributed by atoms with Gasteiger partial charge in [0.05, 0.1) is 4.90 Å². The van der Waals surface area contributed by atoms with Gasteiger partial charge in [0, 0.05) is 18.7 Å². The summed E-state index contributed by atoms with van der Waals surface area (Å²) < 4.78 is 27.0. The molecule has 2 rings (SSSR count). The molecule has 0 aliphatic rings. The monoisotopic (exact) mass is 374 g/mol. The number of hydrogen-bond acceptors (Lipinski definition) is 3. The summed E-state index contributed by atoms with van der Waals surface area (Å²) >= 11 is 0. The SMILES string of the molecule is CCCCCNS(=O)(=O)c1ccc(C(=O)NCCc2ccccc2)cc1. The highest BCUT2D eigenvalue weighted by Crippen LogP contribution is 2.11. The van der Waals surface area contributed by atoms with Crippen LogP contribution >= 0.6 is 0 Å². The molecule has 0 unspecified atom stereocenters. The maximum absolute atomic E-state index is 12.2. The highest BCUT2D eigenvalue weighted by Gasteiger charge is 2.14. The van der Waals surface area contributed by atoms with Gasteiger partial charge in [0.15, 0.2) is 0 Å². The molecule has 5 nitrogen and oxygen atoms in total. The molecule has 0 saturated carbocycles. The molecule has 26 heavy (non-hydrogen) atoms. The van der Waals surface area contributed by atoms with Gasteiger partial charge >= 0.3 is 0 Å². The van der Waals surface area contributed by atoms with Gasteiger partial charge in [-0.05, 0) is 42.7 Å². The number of benzene rings is 2. The fourth-order valence-electron chi connectivity index (χ4n) is 2.52. The van der Waals surface area contributed by atoms with Crippen molar-refractivity contribution in [2.24, 2.45) is 0 Å². The van der Waals surface area contributed by atoms with Crippen LogP contribution in [0.3, 0.4) is 0 Å². The van der Waals surface area contributed by atoms with Crippen molar-refractivity contribution in [2.45, 2.75) is 37.5 Å². The van der Waals surface area contributed by atoms with Crippen LogP contribution in [0.2, 0.25) is 0 Å². The zero-order valence-electron chi connectivity index (χ0n) is 15.1. The van der Waals surface area contributed by atoms with Crippen molar-refractivity contribution < 1.29 is 13.2 Å². The van der Waals surface area contributed by atoms with E-state index in [4.69, 9.17) is 0 Å². The minimum Gasteiger partial charge on any atom is -0.352 e. The molecule has 0 bridgehead atoms. The molecular formula is C20H26N2O3S. The molecule has 0 aliphatic heterocycles. The molecule has 0 saturated heterocycles. The lowest BCUT2D eigenvalue weighted by Crippen LogP contribution is -2.26. The van der Waals surface area contributed by atoms with Gasteiger partial charge in [0.2, 0.25) is 10.0 Å². The minimum absolute atomic E-state index is 0.176. The van der Waals surface area contributed by atoms with E-state index >= 15 is 0 Å². The topological polar surface area (TPSA) is 75.3 Å². The molecule has 2 aromatic rings. The Kier molecular flexibility index (Phi) is 7.81. The highest BCUT2D eigenvalue weighted by atomic mass is 32.2. The van der Waals surface area contributed by atoms with Gasteiger partial charge in [-0.25, -0.2) is 13.1 Å². The highest BCUT2D eigenvalue weighted by molar-refractivity contribution is 7.89. The molecule has 2 N–H and O–H groups in total. The Bertz CT molecular complexity index is 788. The number of carbonyl (C=O) groups excluding carboxylic acids is 1.